The summed E-state index contributed by atoms with van der Waals surface area (Å²) in [5.41, 5.74) is 5.80. The molecule has 1 aliphatic carbocycles. The van der Waals surface area contributed by atoms with Gasteiger partial charge in [0.25, 0.3) is 0 Å². The van der Waals surface area contributed by atoms with Crippen LogP contribution in [0.15, 0.2) is 12.4 Å². The lowest BCUT2D eigenvalue weighted by atomic mass is 10.0. The summed E-state index contributed by atoms with van der Waals surface area (Å²) in [6.45, 7) is 2.98. The number of H-pyrrole nitrogens is 1. The van der Waals surface area contributed by atoms with E-state index in [2.05, 4.69) is 22.2 Å². The van der Waals surface area contributed by atoms with Gasteiger partial charge in [0, 0.05) is 18.4 Å². The Morgan fingerprint density at radius 2 is 2.50 bits per heavy atom. The molecule has 0 saturated heterocycles. The van der Waals surface area contributed by atoms with E-state index in [0.717, 1.165) is 18.8 Å². The molecule has 2 rings (SSSR count). The van der Waals surface area contributed by atoms with Gasteiger partial charge in [-0.05, 0) is 31.7 Å². The van der Waals surface area contributed by atoms with Crippen molar-refractivity contribution in [1.29, 1.82) is 0 Å². The fourth-order valence-corrected chi connectivity index (χ4v) is 2.65. The fraction of sp³-hybridized carbons (Fsp3) is 0.750. The minimum atomic E-state index is 0.340. The molecule has 16 heavy (non-hydrogen) atoms. The third-order valence-corrected chi connectivity index (χ3v) is 3.63. The first kappa shape index (κ1) is 11.6. The first-order valence-electron chi connectivity index (χ1n) is 6.30. The zero-order valence-corrected chi connectivity index (χ0v) is 9.95. The number of hydrogen-bond donors (Lipinski definition) is 3. The van der Waals surface area contributed by atoms with Crippen LogP contribution in [-0.4, -0.2) is 22.6 Å². The summed E-state index contributed by atoms with van der Waals surface area (Å²) in [7, 11) is 0. The molecule has 4 heteroatoms. The maximum Gasteiger partial charge on any atom is 0.123 e. The molecule has 4 N–H and O–H groups in total. The molecule has 3 atom stereocenters. The average Bonchev–Trinajstić information content (AvgIpc) is 2.96. The maximum atomic E-state index is 5.80. The molecular formula is C12H22N4. The molecule has 0 spiro atoms. The molecular weight excluding hydrogens is 200 g/mol. The molecule has 1 aromatic heterocycles. The Hall–Kier alpha value is -0.870. The summed E-state index contributed by atoms with van der Waals surface area (Å²) in [4.78, 5) is 7.52. The molecule has 0 bridgehead atoms. The van der Waals surface area contributed by atoms with Crippen LogP contribution in [0.5, 0.6) is 0 Å². The van der Waals surface area contributed by atoms with Gasteiger partial charge in [-0.25, -0.2) is 4.98 Å². The summed E-state index contributed by atoms with van der Waals surface area (Å²) in [5.74, 6) is 1.69. The fourth-order valence-electron chi connectivity index (χ4n) is 2.65. The summed E-state index contributed by atoms with van der Waals surface area (Å²) >= 11 is 0. The molecule has 3 unspecified atom stereocenters. The van der Waals surface area contributed by atoms with Gasteiger partial charge in [0.1, 0.15) is 5.82 Å². The van der Waals surface area contributed by atoms with Crippen molar-refractivity contribution >= 4 is 0 Å². The zero-order valence-electron chi connectivity index (χ0n) is 9.95. The van der Waals surface area contributed by atoms with E-state index in [9.17, 15) is 0 Å². The van der Waals surface area contributed by atoms with Crippen molar-refractivity contribution in [2.75, 3.05) is 6.54 Å². The quantitative estimate of drug-likeness (QED) is 0.708. The maximum absolute atomic E-state index is 5.80. The van der Waals surface area contributed by atoms with Crippen LogP contribution in [0, 0.1) is 5.92 Å². The highest BCUT2D eigenvalue weighted by atomic mass is 15.0. The lowest BCUT2D eigenvalue weighted by molar-refractivity contribution is 0.350. The number of nitrogens with zero attached hydrogens (tertiary/aromatic N) is 1. The Balaban J connectivity index is 1.96. The summed E-state index contributed by atoms with van der Waals surface area (Å²) < 4.78 is 0. The van der Waals surface area contributed by atoms with E-state index in [4.69, 9.17) is 5.73 Å². The Bertz CT molecular complexity index is 296. The third kappa shape index (κ3) is 2.44. The van der Waals surface area contributed by atoms with Crippen LogP contribution >= 0.6 is 0 Å². The Kier molecular flexibility index (Phi) is 3.96. The minimum absolute atomic E-state index is 0.340. The van der Waals surface area contributed by atoms with Crippen LogP contribution in [0.1, 0.15) is 44.5 Å². The molecule has 1 fully saturated rings. The van der Waals surface area contributed by atoms with Crippen molar-refractivity contribution in [3.63, 3.8) is 0 Å². The highest BCUT2D eigenvalue weighted by Crippen LogP contribution is 2.27. The van der Waals surface area contributed by atoms with Gasteiger partial charge in [0.05, 0.1) is 6.04 Å². The first-order valence-corrected chi connectivity index (χ1v) is 6.30. The summed E-state index contributed by atoms with van der Waals surface area (Å²) in [6, 6.07) is 0.909. The summed E-state index contributed by atoms with van der Waals surface area (Å²) in [5, 5.41) is 3.70. The number of aromatic nitrogens is 2. The number of nitrogens with one attached hydrogen (secondary N) is 2. The second-order valence-electron chi connectivity index (χ2n) is 4.64. The number of imidazole rings is 1. The molecule has 90 valence electrons. The predicted octanol–water partition coefficient (Wildman–Crippen LogP) is 1.58. The highest BCUT2D eigenvalue weighted by molar-refractivity contribution is 4.97. The van der Waals surface area contributed by atoms with Gasteiger partial charge < -0.3 is 16.0 Å². The second-order valence-corrected chi connectivity index (χ2v) is 4.64. The van der Waals surface area contributed by atoms with Crippen molar-refractivity contribution < 1.29 is 0 Å². The standard InChI is InChI=1S/C12H22N4/c1-2-10(12-14-6-7-15-12)16-11-5-3-4-9(11)8-13/h6-7,9-11,16H,2-5,8,13H2,1H3,(H,14,15). The number of hydrogen-bond acceptors (Lipinski definition) is 3. The van der Waals surface area contributed by atoms with Crippen LogP contribution < -0.4 is 11.1 Å². The highest BCUT2D eigenvalue weighted by Gasteiger charge is 2.28. The molecule has 1 saturated carbocycles. The zero-order chi connectivity index (χ0) is 11.4. The molecule has 0 radical (unpaired) electrons. The SMILES string of the molecule is CCC(NC1CCCC1CN)c1ncc[nH]1. The van der Waals surface area contributed by atoms with Crippen molar-refractivity contribution in [3.8, 4) is 0 Å². The molecule has 1 heterocycles. The van der Waals surface area contributed by atoms with E-state index >= 15 is 0 Å². The van der Waals surface area contributed by atoms with Crippen molar-refractivity contribution in [3.05, 3.63) is 18.2 Å². The monoisotopic (exact) mass is 222 g/mol. The predicted molar refractivity (Wildman–Crippen MR) is 64.9 cm³/mol. The van der Waals surface area contributed by atoms with Gasteiger partial charge in [0.15, 0.2) is 0 Å². The third-order valence-electron chi connectivity index (χ3n) is 3.63. The number of nitrogens with two attached hydrogens (primary N) is 1. The number of rotatable bonds is 5. The van der Waals surface area contributed by atoms with Crippen LogP contribution in [-0.2, 0) is 0 Å². The lowest BCUT2D eigenvalue weighted by Gasteiger charge is -2.24. The van der Waals surface area contributed by atoms with Crippen LogP contribution in [0.4, 0.5) is 0 Å². The molecule has 1 aromatic rings. The molecule has 0 amide bonds. The topological polar surface area (TPSA) is 66.7 Å². The van der Waals surface area contributed by atoms with E-state index in [1.165, 1.54) is 19.3 Å². The molecule has 0 aliphatic heterocycles. The first-order chi connectivity index (χ1) is 7.85. The minimum Gasteiger partial charge on any atom is -0.347 e. The number of aromatic amines is 1. The Labute approximate surface area is 97.0 Å². The van der Waals surface area contributed by atoms with Gasteiger partial charge >= 0.3 is 0 Å². The van der Waals surface area contributed by atoms with Crippen LogP contribution in [0.3, 0.4) is 0 Å². The smallest absolute Gasteiger partial charge is 0.123 e. The van der Waals surface area contributed by atoms with Gasteiger partial charge in [-0.1, -0.05) is 13.3 Å². The summed E-state index contributed by atoms with van der Waals surface area (Å²) in [6.07, 6.45) is 8.57. The van der Waals surface area contributed by atoms with Gasteiger partial charge in [0.2, 0.25) is 0 Å². The van der Waals surface area contributed by atoms with E-state index in [1.54, 1.807) is 0 Å². The second kappa shape index (κ2) is 5.46. The average molecular weight is 222 g/mol. The van der Waals surface area contributed by atoms with Crippen molar-refractivity contribution in [2.24, 2.45) is 11.7 Å². The van der Waals surface area contributed by atoms with Crippen molar-refractivity contribution in [2.45, 2.75) is 44.7 Å². The Morgan fingerprint density at radius 1 is 1.62 bits per heavy atom. The lowest BCUT2D eigenvalue weighted by Crippen LogP contribution is -2.38. The van der Waals surface area contributed by atoms with E-state index < -0.39 is 0 Å². The van der Waals surface area contributed by atoms with E-state index in [-0.39, 0.29) is 0 Å². The molecule has 1 aliphatic rings. The largest absolute Gasteiger partial charge is 0.347 e. The normalized spacial score (nSPS) is 27.1. The van der Waals surface area contributed by atoms with E-state index in [1.807, 2.05) is 12.4 Å². The molecule has 0 aromatic carbocycles. The van der Waals surface area contributed by atoms with Crippen LogP contribution in [0.25, 0.3) is 0 Å². The van der Waals surface area contributed by atoms with Crippen molar-refractivity contribution in [1.82, 2.24) is 15.3 Å². The van der Waals surface area contributed by atoms with Crippen LogP contribution in [0.2, 0.25) is 0 Å². The van der Waals surface area contributed by atoms with Gasteiger partial charge in [-0.2, -0.15) is 0 Å². The Morgan fingerprint density at radius 3 is 3.12 bits per heavy atom. The molecule has 4 nitrogen and oxygen atoms in total. The van der Waals surface area contributed by atoms with E-state index in [0.29, 0.717) is 18.0 Å². The van der Waals surface area contributed by atoms with Gasteiger partial charge in [-0.15, -0.1) is 0 Å². The van der Waals surface area contributed by atoms with Gasteiger partial charge in [-0.3, -0.25) is 0 Å².